The zero-order valence-corrected chi connectivity index (χ0v) is 9.28. The normalized spacial score (nSPS) is 10.9. The van der Waals surface area contributed by atoms with Crippen LogP contribution in [0.4, 0.5) is 0 Å². The number of aromatic amines is 1. The van der Waals surface area contributed by atoms with Crippen LogP contribution < -0.4 is 0 Å². The van der Waals surface area contributed by atoms with Gasteiger partial charge in [0.1, 0.15) is 11.0 Å². The number of nitrogens with one attached hydrogen (secondary N) is 1. The molecule has 0 bridgehead atoms. The van der Waals surface area contributed by atoms with Gasteiger partial charge in [0.05, 0.1) is 0 Å². The van der Waals surface area contributed by atoms with Crippen molar-refractivity contribution in [3.05, 3.63) is 29.3 Å². The number of pyridine rings is 1. The van der Waals surface area contributed by atoms with E-state index in [1.165, 1.54) is 0 Å². The van der Waals surface area contributed by atoms with Gasteiger partial charge in [-0.05, 0) is 12.1 Å². The van der Waals surface area contributed by atoms with Crippen molar-refractivity contribution in [1.29, 1.82) is 0 Å². The fourth-order valence-electron chi connectivity index (χ4n) is 1.18. The lowest BCUT2D eigenvalue weighted by Gasteiger charge is -1.97. The van der Waals surface area contributed by atoms with E-state index in [-0.39, 0.29) is 0 Å². The maximum Gasteiger partial charge on any atom is 0.162 e. The largest absolute Gasteiger partial charge is 0.325 e. The number of halogens is 1. The maximum absolute atomic E-state index is 5.70. The molecular weight excluding hydrogens is 212 g/mol. The Kier molecular flexibility index (Phi) is 2.68. The quantitative estimate of drug-likeness (QED) is 0.795. The van der Waals surface area contributed by atoms with E-state index in [1.807, 2.05) is 6.07 Å². The van der Waals surface area contributed by atoms with Crippen molar-refractivity contribution in [2.45, 2.75) is 19.8 Å². The number of H-pyrrole nitrogens is 1. The predicted molar refractivity (Wildman–Crippen MR) is 58.7 cm³/mol. The summed E-state index contributed by atoms with van der Waals surface area (Å²) in [5.41, 5.74) is 0.888. The Hall–Kier alpha value is -1.42. The second kappa shape index (κ2) is 3.98. The molecule has 5 heteroatoms. The fourth-order valence-corrected chi connectivity index (χ4v) is 1.29. The average Bonchev–Trinajstić information content (AvgIpc) is 2.68. The predicted octanol–water partition coefficient (Wildman–Crippen LogP) is 2.64. The van der Waals surface area contributed by atoms with Gasteiger partial charge in [-0.3, -0.25) is 0 Å². The second-order valence-corrected chi connectivity index (χ2v) is 3.97. The lowest BCUT2D eigenvalue weighted by Crippen LogP contribution is -1.89. The van der Waals surface area contributed by atoms with Crippen molar-refractivity contribution >= 4 is 11.6 Å². The summed E-state index contributed by atoms with van der Waals surface area (Å²) in [6.07, 6.45) is 1.67. The molecule has 15 heavy (non-hydrogen) atoms. The van der Waals surface area contributed by atoms with Crippen LogP contribution in [-0.2, 0) is 0 Å². The molecule has 78 valence electrons. The Morgan fingerprint density at radius 2 is 2.07 bits per heavy atom. The van der Waals surface area contributed by atoms with Crippen LogP contribution in [0.5, 0.6) is 0 Å². The molecule has 0 unspecified atom stereocenters. The Labute approximate surface area is 92.7 Å². The molecule has 0 aliphatic heterocycles. The first-order valence-electron chi connectivity index (χ1n) is 4.71. The molecule has 2 aromatic rings. The van der Waals surface area contributed by atoms with Crippen molar-refractivity contribution < 1.29 is 0 Å². The Morgan fingerprint density at radius 1 is 1.27 bits per heavy atom. The first-order chi connectivity index (χ1) is 7.16. The summed E-state index contributed by atoms with van der Waals surface area (Å²) in [7, 11) is 0. The number of aromatic nitrogens is 4. The molecule has 0 radical (unpaired) electrons. The molecule has 0 saturated heterocycles. The third-order valence-corrected chi connectivity index (χ3v) is 2.28. The summed E-state index contributed by atoms with van der Waals surface area (Å²) in [4.78, 5) is 7.13. The van der Waals surface area contributed by atoms with Gasteiger partial charge in [0, 0.05) is 17.7 Å². The molecule has 0 spiro atoms. The molecule has 0 fully saturated rings. The maximum atomic E-state index is 5.70. The molecule has 0 aliphatic carbocycles. The molecule has 2 rings (SSSR count). The van der Waals surface area contributed by atoms with Crippen LogP contribution in [0.15, 0.2) is 18.3 Å². The monoisotopic (exact) mass is 222 g/mol. The van der Waals surface area contributed by atoms with E-state index in [0.717, 1.165) is 17.2 Å². The molecule has 0 aliphatic rings. The van der Waals surface area contributed by atoms with E-state index in [0.29, 0.717) is 11.1 Å². The topological polar surface area (TPSA) is 54.5 Å². The summed E-state index contributed by atoms with van der Waals surface area (Å²) >= 11 is 5.70. The minimum absolute atomic E-state index is 0.339. The van der Waals surface area contributed by atoms with Gasteiger partial charge in [-0.1, -0.05) is 25.4 Å². The second-order valence-electron chi connectivity index (χ2n) is 3.58. The molecule has 0 atom stereocenters. The highest BCUT2D eigenvalue weighted by Crippen LogP contribution is 2.17. The average molecular weight is 223 g/mol. The molecule has 0 amide bonds. The first kappa shape index (κ1) is 10.1. The molecule has 0 saturated carbocycles. The van der Waals surface area contributed by atoms with Crippen molar-refractivity contribution in [1.82, 2.24) is 20.2 Å². The molecule has 4 nitrogen and oxygen atoms in total. The van der Waals surface area contributed by atoms with E-state index in [4.69, 9.17) is 11.6 Å². The molecule has 0 aromatic carbocycles. The Bertz CT molecular complexity index is 447. The van der Waals surface area contributed by atoms with Crippen molar-refractivity contribution in [2.24, 2.45) is 0 Å². The fraction of sp³-hybridized carbons (Fsp3) is 0.300. The van der Waals surface area contributed by atoms with Crippen LogP contribution in [0.2, 0.25) is 5.15 Å². The third kappa shape index (κ3) is 2.15. The zero-order valence-electron chi connectivity index (χ0n) is 8.53. The van der Waals surface area contributed by atoms with Crippen molar-refractivity contribution in [3.8, 4) is 11.4 Å². The van der Waals surface area contributed by atoms with Gasteiger partial charge in [0.15, 0.2) is 5.82 Å². The molecule has 2 aromatic heterocycles. The number of rotatable bonds is 2. The number of hydrogen-bond acceptors (Lipinski definition) is 3. The van der Waals surface area contributed by atoms with Crippen LogP contribution in [0, 0.1) is 0 Å². The summed E-state index contributed by atoms with van der Waals surface area (Å²) in [5, 5.41) is 8.57. The van der Waals surface area contributed by atoms with Crippen molar-refractivity contribution in [2.75, 3.05) is 0 Å². The van der Waals surface area contributed by atoms with Gasteiger partial charge in [0.2, 0.25) is 0 Å². The molecule has 1 N–H and O–H groups in total. The summed E-state index contributed by atoms with van der Waals surface area (Å²) in [6, 6.07) is 3.59. The van der Waals surface area contributed by atoms with Gasteiger partial charge in [-0.15, -0.1) is 10.2 Å². The van der Waals surface area contributed by atoms with E-state index >= 15 is 0 Å². The number of hydrogen-bond donors (Lipinski definition) is 1. The van der Waals surface area contributed by atoms with Gasteiger partial charge >= 0.3 is 0 Å². The summed E-state index contributed by atoms with van der Waals surface area (Å²) in [6.45, 7) is 4.12. The molecular formula is C10H11ClN4. The highest BCUT2D eigenvalue weighted by Gasteiger charge is 2.08. The Balaban J connectivity index is 2.33. The zero-order chi connectivity index (χ0) is 10.8. The Morgan fingerprint density at radius 3 is 2.60 bits per heavy atom. The van der Waals surface area contributed by atoms with Crippen LogP contribution in [0.3, 0.4) is 0 Å². The lowest BCUT2D eigenvalue weighted by molar-refractivity contribution is 0.781. The third-order valence-electron chi connectivity index (χ3n) is 2.05. The van der Waals surface area contributed by atoms with Crippen LogP contribution in [-0.4, -0.2) is 20.2 Å². The van der Waals surface area contributed by atoms with E-state index < -0.39 is 0 Å². The van der Waals surface area contributed by atoms with Gasteiger partial charge in [-0.2, -0.15) is 0 Å². The van der Waals surface area contributed by atoms with Gasteiger partial charge in [-0.25, -0.2) is 4.98 Å². The minimum atomic E-state index is 0.339. The SMILES string of the molecule is CC(C)c1nnc(-c2ccc(Cl)nc2)[nH]1. The van der Waals surface area contributed by atoms with Crippen LogP contribution in [0.1, 0.15) is 25.6 Å². The molecule has 2 heterocycles. The lowest BCUT2D eigenvalue weighted by atomic mass is 10.2. The van der Waals surface area contributed by atoms with E-state index in [2.05, 4.69) is 34.0 Å². The summed E-state index contributed by atoms with van der Waals surface area (Å²) < 4.78 is 0. The van der Waals surface area contributed by atoms with Crippen LogP contribution >= 0.6 is 11.6 Å². The van der Waals surface area contributed by atoms with E-state index in [1.54, 1.807) is 12.3 Å². The van der Waals surface area contributed by atoms with E-state index in [9.17, 15) is 0 Å². The highest BCUT2D eigenvalue weighted by atomic mass is 35.5. The minimum Gasteiger partial charge on any atom is -0.325 e. The van der Waals surface area contributed by atoms with Crippen LogP contribution in [0.25, 0.3) is 11.4 Å². The van der Waals surface area contributed by atoms with Gasteiger partial charge in [0.25, 0.3) is 0 Å². The first-order valence-corrected chi connectivity index (χ1v) is 5.09. The van der Waals surface area contributed by atoms with Crippen molar-refractivity contribution in [3.63, 3.8) is 0 Å². The smallest absolute Gasteiger partial charge is 0.162 e. The van der Waals surface area contributed by atoms with Gasteiger partial charge < -0.3 is 4.98 Å². The highest BCUT2D eigenvalue weighted by molar-refractivity contribution is 6.29. The number of nitrogens with zero attached hydrogens (tertiary/aromatic N) is 3. The summed E-state index contributed by atoms with van der Waals surface area (Å²) in [5.74, 6) is 1.94. The standard InChI is InChI=1S/C10H11ClN4/c1-6(2)9-13-10(15-14-9)7-3-4-8(11)12-5-7/h3-6H,1-2H3,(H,13,14,15).